The molecule has 4 heteroatoms. The summed E-state index contributed by atoms with van der Waals surface area (Å²) >= 11 is 0. The van der Waals surface area contributed by atoms with E-state index in [1.165, 1.54) is 12.1 Å². The van der Waals surface area contributed by atoms with Crippen LogP contribution in [0.2, 0.25) is 0 Å². The van der Waals surface area contributed by atoms with Crippen LogP contribution in [0.15, 0.2) is 121 Å². The first-order valence-electron chi connectivity index (χ1n) is 12.9. The molecule has 40 heavy (non-hydrogen) atoms. The molecule has 0 heterocycles. The van der Waals surface area contributed by atoms with Crippen molar-refractivity contribution in [3.05, 3.63) is 145 Å². The SMILES string of the molecule is Fc1ccc(-c2c3ccccc3c(-c3ccc4ccccc4c3)c3ccc(-c4cc(F)c(F)c(F)c4)cc23)cc1. The first-order valence-corrected chi connectivity index (χ1v) is 12.9. The van der Waals surface area contributed by atoms with E-state index in [4.69, 9.17) is 0 Å². The van der Waals surface area contributed by atoms with Gasteiger partial charge in [-0.2, -0.15) is 0 Å². The van der Waals surface area contributed by atoms with Crippen molar-refractivity contribution < 1.29 is 17.6 Å². The molecule has 0 saturated heterocycles. The summed E-state index contributed by atoms with van der Waals surface area (Å²) in [6, 6.07) is 36.5. The molecule has 0 spiro atoms. The van der Waals surface area contributed by atoms with Gasteiger partial charge in [-0.1, -0.05) is 84.9 Å². The van der Waals surface area contributed by atoms with E-state index in [1.54, 1.807) is 18.2 Å². The third kappa shape index (κ3) is 3.92. The van der Waals surface area contributed by atoms with Gasteiger partial charge in [0.05, 0.1) is 0 Å². The van der Waals surface area contributed by atoms with Gasteiger partial charge in [0, 0.05) is 0 Å². The Morgan fingerprint density at radius 3 is 1.60 bits per heavy atom. The van der Waals surface area contributed by atoms with Crippen LogP contribution < -0.4 is 0 Å². The fourth-order valence-electron chi connectivity index (χ4n) is 5.66. The molecule has 0 saturated carbocycles. The molecule has 0 nitrogen and oxygen atoms in total. The van der Waals surface area contributed by atoms with Crippen molar-refractivity contribution in [3.8, 4) is 33.4 Å². The molecule has 0 unspecified atom stereocenters. The molecular formula is C36H20F4. The van der Waals surface area contributed by atoms with Gasteiger partial charge in [0.1, 0.15) is 5.82 Å². The van der Waals surface area contributed by atoms with Crippen LogP contribution in [0.25, 0.3) is 65.7 Å². The lowest BCUT2D eigenvalue weighted by atomic mass is 9.84. The van der Waals surface area contributed by atoms with Crippen molar-refractivity contribution in [2.45, 2.75) is 0 Å². The molecule has 0 aliphatic carbocycles. The maximum Gasteiger partial charge on any atom is 0.194 e. The van der Waals surface area contributed by atoms with Gasteiger partial charge >= 0.3 is 0 Å². The first-order chi connectivity index (χ1) is 19.5. The Bertz CT molecular complexity index is 2070. The molecule has 0 radical (unpaired) electrons. The summed E-state index contributed by atoms with van der Waals surface area (Å²) in [6.45, 7) is 0. The maximum absolute atomic E-state index is 14.2. The average Bonchev–Trinajstić information content (AvgIpc) is 2.98. The van der Waals surface area contributed by atoms with E-state index in [1.807, 2.05) is 42.5 Å². The molecule has 0 aliphatic rings. The summed E-state index contributed by atoms with van der Waals surface area (Å²) in [6.07, 6.45) is 0. The quantitative estimate of drug-likeness (QED) is 0.122. The Balaban J connectivity index is 1.61. The van der Waals surface area contributed by atoms with E-state index in [0.29, 0.717) is 5.56 Å². The second-order valence-electron chi connectivity index (χ2n) is 9.88. The molecule has 0 bridgehead atoms. The van der Waals surface area contributed by atoms with Crippen molar-refractivity contribution in [1.82, 2.24) is 0 Å². The highest BCUT2D eigenvalue weighted by Crippen LogP contribution is 2.45. The molecule has 0 aliphatic heterocycles. The van der Waals surface area contributed by atoms with Gasteiger partial charge in [0.15, 0.2) is 17.5 Å². The van der Waals surface area contributed by atoms with Crippen LogP contribution in [0.5, 0.6) is 0 Å². The lowest BCUT2D eigenvalue weighted by Gasteiger charge is -2.19. The molecule has 7 aromatic rings. The van der Waals surface area contributed by atoms with Crippen LogP contribution in [-0.2, 0) is 0 Å². The monoisotopic (exact) mass is 528 g/mol. The molecule has 0 N–H and O–H groups in total. The zero-order chi connectivity index (χ0) is 27.4. The van der Waals surface area contributed by atoms with E-state index >= 15 is 0 Å². The summed E-state index contributed by atoms with van der Waals surface area (Å²) in [5.41, 5.74) is 4.49. The number of rotatable bonds is 3. The van der Waals surface area contributed by atoms with Gasteiger partial charge in [-0.25, -0.2) is 17.6 Å². The highest BCUT2D eigenvalue weighted by atomic mass is 19.2. The van der Waals surface area contributed by atoms with Crippen molar-refractivity contribution >= 4 is 32.3 Å². The highest BCUT2D eigenvalue weighted by Gasteiger charge is 2.19. The predicted octanol–water partition coefficient (Wildman–Crippen LogP) is 10.7. The normalized spacial score (nSPS) is 11.5. The minimum atomic E-state index is -1.50. The number of halogens is 4. The van der Waals surface area contributed by atoms with Gasteiger partial charge in [-0.05, 0) is 102 Å². The fourth-order valence-corrected chi connectivity index (χ4v) is 5.66. The number of benzene rings is 7. The number of fused-ring (bicyclic) bond motifs is 3. The lowest BCUT2D eigenvalue weighted by Crippen LogP contribution is -1.94. The van der Waals surface area contributed by atoms with Crippen molar-refractivity contribution in [1.29, 1.82) is 0 Å². The lowest BCUT2D eigenvalue weighted by molar-refractivity contribution is 0.448. The predicted molar refractivity (Wildman–Crippen MR) is 155 cm³/mol. The van der Waals surface area contributed by atoms with E-state index < -0.39 is 17.5 Å². The maximum atomic E-state index is 14.2. The Labute approximate surface area is 227 Å². The second-order valence-corrected chi connectivity index (χ2v) is 9.88. The zero-order valence-corrected chi connectivity index (χ0v) is 21.1. The third-order valence-corrected chi connectivity index (χ3v) is 7.51. The Kier molecular flexibility index (Phi) is 5.64. The van der Waals surface area contributed by atoms with Crippen LogP contribution >= 0.6 is 0 Å². The summed E-state index contributed by atoms with van der Waals surface area (Å²) in [7, 11) is 0. The van der Waals surface area contributed by atoms with Crippen molar-refractivity contribution in [2.24, 2.45) is 0 Å². The molecular weight excluding hydrogens is 508 g/mol. The smallest absolute Gasteiger partial charge is 0.194 e. The largest absolute Gasteiger partial charge is 0.207 e. The van der Waals surface area contributed by atoms with Gasteiger partial charge in [0.2, 0.25) is 0 Å². The summed E-state index contributed by atoms with van der Waals surface area (Å²) in [5.74, 6) is -4.34. The van der Waals surface area contributed by atoms with E-state index in [0.717, 1.165) is 66.7 Å². The first kappa shape index (κ1) is 24.1. The second kappa shape index (κ2) is 9.35. The molecule has 0 atom stereocenters. The van der Waals surface area contributed by atoms with E-state index in [2.05, 4.69) is 36.4 Å². The zero-order valence-electron chi connectivity index (χ0n) is 21.1. The topological polar surface area (TPSA) is 0 Å². The fraction of sp³-hybridized carbons (Fsp3) is 0. The Morgan fingerprint density at radius 2 is 0.900 bits per heavy atom. The molecule has 0 fully saturated rings. The summed E-state index contributed by atoms with van der Waals surface area (Å²) in [5, 5.41) is 5.98. The Morgan fingerprint density at radius 1 is 0.350 bits per heavy atom. The molecule has 0 aromatic heterocycles. The molecule has 7 rings (SSSR count). The average molecular weight is 529 g/mol. The van der Waals surface area contributed by atoms with Crippen molar-refractivity contribution in [2.75, 3.05) is 0 Å². The molecule has 0 amide bonds. The minimum Gasteiger partial charge on any atom is -0.207 e. The molecule has 7 aromatic carbocycles. The van der Waals surface area contributed by atoms with Crippen molar-refractivity contribution in [3.63, 3.8) is 0 Å². The number of hydrogen-bond donors (Lipinski definition) is 0. The van der Waals surface area contributed by atoms with Crippen LogP contribution in [0.4, 0.5) is 17.6 Å². The number of hydrogen-bond acceptors (Lipinski definition) is 0. The minimum absolute atomic E-state index is 0.226. The summed E-state index contributed by atoms with van der Waals surface area (Å²) in [4.78, 5) is 0. The molecule has 192 valence electrons. The van der Waals surface area contributed by atoms with E-state index in [-0.39, 0.29) is 11.4 Å². The van der Waals surface area contributed by atoms with Crippen LogP contribution in [0.3, 0.4) is 0 Å². The van der Waals surface area contributed by atoms with Gasteiger partial charge in [0.25, 0.3) is 0 Å². The standard InChI is InChI=1S/C36H20F4/c37-27-14-11-22(12-15-27)34-28-7-3-4-8-29(28)35(25-10-9-21-5-1-2-6-23(21)17-25)30-16-13-24(18-31(30)34)26-19-32(38)36(40)33(39)20-26/h1-20H. The third-order valence-electron chi connectivity index (χ3n) is 7.51. The van der Waals surface area contributed by atoms with Crippen LogP contribution in [0, 0.1) is 23.3 Å². The highest BCUT2D eigenvalue weighted by molar-refractivity contribution is 6.22. The van der Waals surface area contributed by atoms with Gasteiger partial charge < -0.3 is 0 Å². The van der Waals surface area contributed by atoms with Gasteiger partial charge in [-0.15, -0.1) is 0 Å². The summed E-state index contributed by atoms with van der Waals surface area (Å²) < 4.78 is 56.1. The van der Waals surface area contributed by atoms with Gasteiger partial charge in [-0.3, -0.25) is 0 Å². The Hall–Kier alpha value is -4.96. The van der Waals surface area contributed by atoms with Crippen LogP contribution in [-0.4, -0.2) is 0 Å². The van der Waals surface area contributed by atoms with Crippen LogP contribution in [0.1, 0.15) is 0 Å². The van der Waals surface area contributed by atoms with E-state index in [9.17, 15) is 17.6 Å².